The van der Waals surface area contributed by atoms with E-state index in [1.165, 1.54) is 0 Å². The summed E-state index contributed by atoms with van der Waals surface area (Å²) in [6.07, 6.45) is 1.37. The zero-order valence-electron chi connectivity index (χ0n) is 15.8. The Bertz CT molecular complexity index is 932. The van der Waals surface area contributed by atoms with Crippen LogP contribution in [-0.2, 0) is 36.5 Å². The molecule has 0 fully saturated rings. The van der Waals surface area contributed by atoms with Crippen molar-refractivity contribution in [2.24, 2.45) is 7.05 Å². The fraction of sp³-hybridized carbons (Fsp3) is 0.500. The zero-order valence-corrected chi connectivity index (χ0v) is 16.6. The average molecular weight is 379 g/mol. The monoisotopic (exact) mass is 379 g/mol. The molecule has 0 spiro atoms. The number of ether oxygens (including phenoxy) is 2. The highest BCUT2D eigenvalue weighted by atomic mass is 32.2. The fourth-order valence-corrected chi connectivity index (χ4v) is 4.53. The molecule has 0 atom stereocenters. The normalized spacial score (nSPS) is 15.6. The second-order valence-corrected chi connectivity index (χ2v) is 8.75. The van der Waals surface area contributed by atoms with Gasteiger partial charge in [-0.05, 0) is 31.9 Å². The van der Waals surface area contributed by atoms with E-state index in [0.717, 1.165) is 16.8 Å². The lowest BCUT2D eigenvalue weighted by Gasteiger charge is -2.18. The number of sulfonamides is 1. The summed E-state index contributed by atoms with van der Waals surface area (Å²) in [4.78, 5) is 0.168. The van der Waals surface area contributed by atoms with E-state index >= 15 is 0 Å². The van der Waals surface area contributed by atoms with Gasteiger partial charge in [-0.2, -0.15) is 5.10 Å². The lowest BCUT2D eigenvalue weighted by atomic mass is 10.0. The van der Waals surface area contributed by atoms with Gasteiger partial charge in [0.2, 0.25) is 15.9 Å². The highest BCUT2D eigenvalue weighted by molar-refractivity contribution is 7.89. The number of methoxy groups -OCH3 is 1. The molecule has 0 radical (unpaired) electrons. The zero-order chi connectivity index (χ0) is 19.1. The van der Waals surface area contributed by atoms with Crippen LogP contribution in [0.4, 0.5) is 0 Å². The minimum atomic E-state index is -3.74. The molecule has 2 heterocycles. The summed E-state index contributed by atoms with van der Waals surface area (Å²) in [5, 5.41) is 4.38. The van der Waals surface area contributed by atoms with E-state index in [-0.39, 0.29) is 11.4 Å². The average Bonchev–Trinajstić information content (AvgIpc) is 3.06. The quantitative estimate of drug-likeness (QED) is 0.832. The molecule has 142 valence electrons. The van der Waals surface area contributed by atoms with E-state index in [1.54, 1.807) is 31.0 Å². The van der Waals surface area contributed by atoms with Gasteiger partial charge in [-0.1, -0.05) is 19.1 Å². The van der Waals surface area contributed by atoms with Crippen LogP contribution in [0.5, 0.6) is 11.6 Å². The van der Waals surface area contributed by atoms with Crippen LogP contribution in [0.15, 0.2) is 23.1 Å². The van der Waals surface area contributed by atoms with Crippen molar-refractivity contribution < 1.29 is 17.9 Å². The first-order valence-corrected chi connectivity index (χ1v) is 10.1. The first kappa shape index (κ1) is 18.7. The van der Waals surface area contributed by atoms with Crippen molar-refractivity contribution in [2.45, 2.75) is 50.7 Å². The van der Waals surface area contributed by atoms with Crippen LogP contribution in [0, 0.1) is 0 Å². The third-order valence-corrected chi connectivity index (χ3v) is 5.91. The van der Waals surface area contributed by atoms with Gasteiger partial charge in [0.05, 0.1) is 18.4 Å². The van der Waals surface area contributed by atoms with Crippen molar-refractivity contribution in [3.05, 3.63) is 35.0 Å². The number of benzene rings is 1. The van der Waals surface area contributed by atoms with Crippen LogP contribution in [0.2, 0.25) is 0 Å². The van der Waals surface area contributed by atoms with E-state index in [4.69, 9.17) is 9.47 Å². The van der Waals surface area contributed by atoms with E-state index in [0.29, 0.717) is 24.5 Å². The number of nitrogens with one attached hydrogen (secondary N) is 1. The van der Waals surface area contributed by atoms with Crippen molar-refractivity contribution >= 4 is 10.0 Å². The van der Waals surface area contributed by atoms with Gasteiger partial charge >= 0.3 is 0 Å². The SMILES string of the molecule is CCc1nn(C)c(OC)c1CNS(=O)(=O)c1cccc2c1OC(C)(C)C2. The lowest BCUT2D eigenvalue weighted by Crippen LogP contribution is -2.27. The van der Waals surface area contributed by atoms with Crippen molar-refractivity contribution in [3.63, 3.8) is 0 Å². The Labute approximate surface area is 154 Å². The minimum absolute atomic E-state index is 0.107. The molecule has 3 rings (SSSR count). The Balaban J connectivity index is 1.90. The Morgan fingerprint density at radius 2 is 2.12 bits per heavy atom. The molecular formula is C18H25N3O4S. The van der Waals surface area contributed by atoms with Gasteiger partial charge in [0.25, 0.3) is 0 Å². The molecule has 1 aromatic carbocycles. The molecule has 1 aliphatic rings. The maximum Gasteiger partial charge on any atom is 0.244 e. The summed E-state index contributed by atoms with van der Waals surface area (Å²) in [7, 11) is -0.418. The number of aryl methyl sites for hydroxylation is 2. The molecule has 7 nitrogen and oxygen atoms in total. The van der Waals surface area contributed by atoms with Gasteiger partial charge in [-0.3, -0.25) is 0 Å². The number of rotatable bonds is 6. The molecule has 1 aromatic heterocycles. The number of para-hydroxylation sites is 1. The van der Waals surface area contributed by atoms with Crippen LogP contribution in [0.25, 0.3) is 0 Å². The van der Waals surface area contributed by atoms with Gasteiger partial charge in [-0.15, -0.1) is 0 Å². The second kappa shape index (κ2) is 6.59. The number of nitrogens with zero attached hydrogens (tertiary/aromatic N) is 2. The van der Waals surface area contributed by atoms with Crippen LogP contribution >= 0.6 is 0 Å². The topological polar surface area (TPSA) is 82.5 Å². The lowest BCUT2D eigenvalue weighted by molar-refractivity contribution is 0.135. The van der Waals surface area contributed by atoms with E-state index in [1.807, 2.05) is 26.8 Å². The molecule has 0 bridgehead atoms. The van der Waals surface area contributed by atoms with Crippen LogP contribution in [0.1, 0.15) is 37.6 Å². The van der Waals surface area contributed by atoms with Crippen molar-refractivity contribution in [2.75, 3.05) is 7.11 Å². The molecule has 0 aliphatic carbocycles. The van der Waals surface area contributed by atoms with Gasteiger partial charge in [0.15, 0.2) is 0 Å². The van der Waals surface area contributed by atoms with Gasteiger partial charge in [-0.25, -0.2) is 17.8 Å². The predicted octanol–water partition coefficient (Wildman–Crippen LogP) is 2.18. The molecular weight excluding hydrogens is 354 g/mol. The summed E-state index contributed by atoms with van der Waals surface area (Å²) >= 11 is 0. The van der Waals surface area contributed by atoms with Crippen LogP contribution in [0.3, 0.4) is 0 Å². The largest absolute Gasteiger partial charge is 0.486 e. The fourth-order valence-electron chi connectivity index (χ4n) is 3.37. The first-order chi connectivity index (χ1) is 12.2. The molecule has 0 amide bonds. The first-order valence-electron chi connectivity index (χ1n) is 8.58. The maximum atomic E-state index is 12.9. The molecule has 2 aromatic rings. The molecule has 8 heteroatoms. The molecule has 0 saturated heterocycles. The summed E-state index contributed by atoms with van der Waals surface area (Å²) in [6.45, 7) is 5.98. The number of hydrogen-bond acceptors (Lipinski definition) is 5. The highest BCUT2D eigenvalue weighted by Crippen LogP contribution is 2.39. The predicted molar refractivity (Wildman–Crippen MR) is 98.0 cm³/mol. The molecule has 26 heavy (non-hydrogen) atoms. The standard InChI is InChI=1S/C18H25N3O4S/c1-6-14-13(17(24-5)21(4)20-14)11-19-26(22,23)15-9-7-8-12-10-18(2,3)25-16(12)15/h7-9,19H,6,10-11H2,1-5H3. The Kier molecular flexibility index (Phi) is 4.74. The van der Waals surface area contributed by atoms with E-state index in [9.17, 15) is 8.42 Å². The third-order valence-electron chi connectivity index (χ3n) is 4.48. The van der Waals surface area contributed by atoms with Crippen molar-refractivity contribution in [3.8, 4) is 11.6 Å². The summed E-state index contributed by atoms with van der Waals surface area (Å²) in [5.41, 5.74) is 2.05. The summed E-state index contributed by atoms with van der Waals surface area (Å²) in [6, 6.07) is 5.23. The Morgan fingerprint density at radius 3 is 2.77 bits per heavy atom. The van der Waals surface area contributed by atoms with Gasteiger partial charge < -0.3 is 9.47 Å². The van der Waals surface area contributed by atoms with Gasteiger partial charge in [0.1, 0.15) is 16.2 Å². The van der Waals surface area contributed by atoms with E-state index in [2.05, 4.69) is 9.82 Å². The Hall–Kier alpha value is -2.06. The molecule has 1 N–H and O–H groups in total. The second-order valence-electron chi connectivity index (χ2n) is 7.02. The van der Waals surface area contributed by atoms with Gasteiger partial charge in [0, 0.05) is 20.0 Å². The third kappa shape index (κ3) is 3.31. The smallest absolute Gasteiger partial charge is 0.244 e. The van der Waals surface area contributed by atoms with Crippen LogP contribution < -0.4 is 14.2 Å². The van der Waals surface area contributed by atoms with Crippen LogP contribution in [-0.4, -0.2) is 30.9 Å². The Morgan fingerprint density at radius 1 is 1.38 bits per heavy atom. The maximum absolute atomic E-state index is 12.9. The minimum Gasteiger partial charge on any atom is -0.486 e. The summed E-state index contributed by atoms with van der Waals surface area (Å²) in [5.74, 6) is 0.999. The number of aromatic nitrogens is 2. The number of fused-ring (bicyclic) bond motifs is 1. The van der Waals surface area contributed by atoms with Crippen molar-refractivity contribution in [1.29, 1.82) is 0 Å². The van der Waals surface area contributed by atoms with Crippen molar-refractivity contribution in [1.82, 2.24) is 14.5 Å². The van der Waals surface area contributed by atoms with E-state index < -0.39 is 15.6 Å². The molecule has 0 saturated carbocycles. The summed E-state index contributed by atoms with van der Waals surface area (Å²) < 4.78 is 41.4. The molecule has 0 unspecified atom stereocenters. The number of hydrogen-bond donors (Lipinski definition) is 1. The molecule has 1 aliphatic heterocycles. The highest BCUT2D eigenvalue weighted by Gasteiger charge is 2.35.